The van der Waals surface area contributed by atoms with Gasteiger partial charge in [-0.05, 0) is 71.0 Å². The van der Waals surface area contributed by atoms with Gasteiger partial charge in [0.05, 0.1) is 26.0 Å². The highest BCUT2D eigenvalue weighted by Crippen LogP contribution is 2.28. The van der Waals surface area contributed by atoms with Crippen LogP contribution in [0.4, 0.5) is 27.5 Å². The fraction of sp³-hybridized carbons (Fsp3) is 0.290. The molecule has 1 aliphatic rings. The van der Waals surface area contributed by atoms with E-state index in [0.717, 1.165) is 40.7 Å². The summed E-state index contributed by atoms with van der Waals surface area (Å²) in [5.41, 5.74) is 6.20. The average Bonchev–Trinajstić information content (AvgIpc) is 2.95. The number of nitrogens with one attached hydrogen (secondary N) is 1. The second-order valence-corrected chi connectivity index (χ2v) is 10.2. The van der Waals surface area contributed by atoms with Crippen LogP contribution in [0.3, 0.4) is 0 Å². The number of aromatic hydroxyl groups is 1. The third-order valence-electron chi connectivity index (χ3n) is 6.61. The summed E-state index contributed by atoms with van der Waals surface area (Å²) in [4.78, 5) is 10.1. The average molecular weight is 541 g/mol. The lowest BCUT2D eigenvalue weighted by atomic mass is 9.97. The Kier molecular flexibility index (Phi) is 8.61. The molecular formula is C31H33FN6O2. The van der Waals surface area contributed by atoms with E-state index in [1.54, 1.807) is 12.1 Å². The van der Waals surface area contributed by atoms with Crippen molar-refractivity contribution in [1.29, 1.82) is 0 Å². The van der Waals surface area contributed by atoms with Crippen molar-refractivity contribution in [2.45, 2.75) is 26.8 Å². The number of benzene rings is 3. The second-order valence-electron chi connectivity index (χ2n) is 10.2. The molecule has 0 saturated carbocycles. The van der Waals surface area contributed by atoms with E-state index >= 15 is 0 Å². The van der Waals surface area contributed by atoms with Crippen LogP contribution in [-0.2, 0) is 17.7 Å². The van der Waals surface area contributed by atoms with E-state index in [1.165, 1.54) is 5.56 Å². The fourth-order valence-corrected chi connectivity index (χ4v) is 4.65. The van der Waals surface area contributed by atoms with E-state index in [0.29, 0.717) is 38.8 Å². The molecule has 1 aliphatic heterocycles. The normalized spacial score (nSPS) is 13.8. The molecule has 40 heavy (non-hydrogen) atoms. The lowest BCUT2D eigenvalue weighted by Crippen LogP contribution is -2.37. The number of morpholine rings is 1. The van der Waals surface area contributed by atoms with Crippen molar-refractivity contribution >= 4 is 23.1 Å². The van der Waals surface area contributed by atoms with Crippen LogP contribution in [0.25, 0.3) is 11.1 Å². The number of halogens is 1. The summed E-state index contributed by atoms with van der Waals surface area (Å²) in [5.74, 6) is 0.611. The zero-order chi connectivity index (χ0) is 27.9. The zero-order valence-electron chi connectivity index (χ0n) is 22.7. The largest absolute Gasteiger partial charge is 0.508 e. The minimum Gasteiger partial charge on any atom is -0.508 e. The van der Waals surface area contributed by atoms with Gasteiger partial charge in [0.25, 0.3) is 5.95 Å². The van der Waals surface area contributed by atoms with Gasteiger partial charge in [0, 0.05) is 24.5 Å². The minimum atomic E-state index is -0.475. The molecule has 9 heteroatoms. The van der Waals surface area contributed by atoms with E-state index in [-0.39, 0.29) is 17.5 Å². The standard InChI is InChI=1S/C31H33FN6O2/c1-21(2)16-25-17-27(35-26-9-6-22(7-10-26)23-4-3-5-28(39)18-23)11-8-24(25)19-34-37-31-33-20-29(32)30(36-31)38-12-14-40-15-13-38/h3-11,17-18,20-21,35,39H,12-16,19H2,1-2H3. The molecule has 5 rings (SSSR count). The monoisotopic (exact) mass is 540 g/mol. The molecule has 0 radical (unpaired) electrons. The predicted molar refractivity (Wildman–Crippen MR) is 155 cm³/mol. The van der Waals surface area contributed by atoms with Gasteiger partial charge >= 0.3 is 0 Å². The SMILES string of the molecule is CC(C)Cc1cc(Nc2ccc(-c3cccc(O)c3)cc2)ccc1CN=Nc1ncc(F)c(N2CCOCC2)n1. The van der Waals surface area contributed by atoms with Gasteiger partial charge in [-0.1, -0.05) is 44.2 Å². The number of phenolic OH excluding ortho intramolecular Hbond substituents is 1. The minimum absolute atomic E-state index is 0.140. The molecule has 2 N–H and O–H groups in total. The van der Waals surface area contributed by atoms with E-state index in [9.17, 15) is 9.50 Å². The summed E-state index contributed by atoms with van der Waals surface area (Å²) in [6, 6.07) is 21.6. The highest BCUT2D eigenvalue weighted by Gasteiger charge is 2.18. The van der Waals surface area contributed by atoms with Crippen molar-refractivity contribution in [2.75, 3.05) is 36.5 Å². The van der Waals surface area contributed by atoms with Crippen molar-refractivity contribution in [1.82, 2.24) is 9.97 Å². The van der Waals surface area contributed by atoms with Gasteiger partial charge in [-0.2, -0.15) is 10.1 Å². The molecule has 0 aliphatic carbocycles. The van der Waals surface area contributed by atoms with E-state index in [1.807, 2.05) is 47.4 Å². The Balaban J connectivity index is 1.28. The van der Waals surface area contributed by atoms with Crippen molar-refractivity contribution in [3.63, 3.8) is 0 Å². The predicted octanol–water partition coefficient (Wildman–Crippen LogP) is 7.05. The van der Waals surface area contributed by atoms with Crippen LogP contribution in [0.2, 0.25) is 0 Å². The molecule has 206 valence electrons. The summed E-state index contributed by atoms with van der Waals surface area (Å²) < 4.78 is 19.7. The van der Waals surface area contributed by atoms with Crippen molar-refractivity contribution in [3.05, 3.63) is 89.9 Å². The van der Waals surface area contributed by atoms with Crippen LogP contribution in [-0.4, -0.2) is 41.4 Å². The van der Waals surface area contributed by atoms with Crippen molar-refractivity contribution in [3.8, 4) is 16.9 Å². The van der Waals surface area contributed by atoms with Crippen molar-refractivity contribution < 1.29 is 14.2 Å². The Morgan fingerprint density at radius 3 is 2.50 bits per heavy atom. The van der Waals surface area contributed by atoms with Crippen LogP contribution in [0.1, 0.15) is 25.0 Å². The number of hydrogen-bond acceptors (Lipinski definition) is 8. The Morgan fingerprint density at radius 1 is 0.975 bits per heavy atom. The van der Waals surface area contributed by atoms with Crippen LogP contribution in [0.15, 0.2) is 83.2 Å². The number of phenols is 1. The quantitative estimate of drug-likeness (QED) is 0.221. The first kappa shape index (κ1) is 27.2. The number of anilines is 3. The number of aromatic nitrogens is 2. The van der Waals surface area contributed by atoms with Gasteiger partial charge < -0.3 is 20.1 Å². The van der Waals surface area contributed by atoms with Gasteiger partial charge in [-0.25, -0.2) is 9.37 Å². The molecule has 3 aromatic carbocycles. The lowest BCUT2D eigenvalue weighted by Gasteiger charge is -2.27. The first-order chi connectivity index (χ1) is 19.4. The maximum absolute atomic E-state index is 14.3. The summed E-state index contributed by atoms with van der Waals surface area (Å²) in [6.07, 6.45) is 2.04. The summed E-state index contributed by atoms with van der Waals surface area (Å²) in [7, 11) is 0. The molecule has 1 aromatic heterocycles. The summed E-state index contributed by atoms with van der Waals surface area (Å²) >= 11 is 0. The van der Waals surface area contributed by atoms with Crippen LogP contribution in [0.5, 0.6) is 5.75 Å². The lowest BCUT2D eigenvalue weighted by molar-refractivity contribution is 0.122. The first-order valence-electron chi connectivity index (χ1n) is 13.5. The Bertz CT molecular complexity index is 1470. The molecule has 8 nitrogen and oxygen atoms in total. The number of rotatable bonds is 9. The van der Waals surface area contributed by atoms with Gasteiger partial charge in [-0.15, -0.1) is 5.11 Å². The molecule has 0 amide bonds. The molecule has 1 saturated heterocycles. The number of nitrogens with zero attached hydrogens (tertiary/aromatic N) is 5. The zero-order valence-corrected chi connectivity index (χ0v) is 22.7. The van der Waals surface area contributed by atoms with E-state index in [4.69, 9.17) is 4.74 Å². The fourth-order valence-electron chi connectivity index (χ4n) is 4.65. The molecule has 4 aromatic rings. The van der Waals surface area contributed by atoms with Gasteiger partial charge in [0.2, 0.25) is 0 Å². The van der Waals surface area contributed by atoms with Crippen molar-refractivity contribution in [2.24, 2.45) is 16.1 Å². The third-order valence-corrected chi connectivity index (χ3v) is 6.61. The summed E-state index contributed by atoms with van der Waals surface area (Å²) in [5, 5.41) is 21.8. The van der Waals surface area contributed by atoms with Gasteiger partial charge in [-0.3, -0.25) is 0 Å². The molecule has 0 bridgehead atoms. The Hall–Kier alpha value is -4.37. The third kappa shape index (κ3) is 6.98. The molecule has 0 unspecified atom stereocenters. The van der Waals surface area contributed by atoms with Crippen LogP contribution in [0, 0.1) is 11.7 Å². The summed E-state index contributed by atoms with van der Waals surface area (Å²) in [6.45, 7) is 6.96. The van der Waals surface area contributed by atoms with E-state index < -0.39 is 5.82 Å². The van der Waals surface area contributed by atoms with Gasteiger partial charge in [0.15, 0.2) is 11.6 Å². The van der Waals surface area contributed by atoms with Crippen LogP contribution >= 0.6 is 0 Å². The highest BCUT2D eigenvalue weighted by molar-refractivity contribution is 5.69. The highest BCUT2D eigenvalue weighted by atomic mass is 19.1. The number of ether oxygens (including phenoxy) is 1. The number of azo groups is 1. The number of hydrogen-bond donors (Lipinski definition) is 2. The molecule has 2 heterocycles. The maximum atomic E-state index is 14.3. The first-order valence-corrected chi connectivity index (χ1v) is 13.5. The van der Waals surface area contributed by atoms with E-state index in [2.05, 4.69) is 51.5 Å². The van der Waals surface area contributed by atoms with Crippen LogP contribution < -0.4 is 10.2 Å². The molecule has 0 spiro atoms. The molecular weight excluding hydrogens is 507 g/mol. The Morgan fingerprint density at radius 2 is 1.75 bits per heavy atom. The smallest absolute Gasteiger partial charge is 0.270 e. The second kappa shape index (κ2) is 12.7. The van der Waals surface area contributed by atoms with Gasteiger partial charge in [0.1, 0.15) is 5.75 Å². The molecule has 1 fully saturated rings. The molecule has 0 atom stereocenters. The maximum Gasteiger partial charge on any atom is 0.270 e. The Labute approximate surface area is 233 Å². The topological polar surface area (TPSA) is 95.2 Å².